The van der Waals surface area contributed by atoms with Crippen molar-refractivity contribution in [3.63, 3.8) is 0 Å². The van der Waals surface area contributed by atoms with Gasteiger partial charge in [0, 0.05) is 13.1 Å². The van der Waals surface area contributed by atoms with Crippen molar-refractivity contribution >= 4 is 5.97 Å². The van der Waals surface area contributed by atoms with Gasteiger partial charge in [0.2, 0.25) is 0 Å². The summed E-state index contributed by atoms with van der Waals surface area (Å²) >= 11 is 0. The minimum absolute atomic E-state index is 0.0824. The van der Waals surface area contributed by atoms with Crippen LogP contribution in [-0.2, 0) is 9.53 Å². The summed E-state index contributed by atoms with van der Waals surface area (Å²) in [5.41, 5.74) is -0.506. The van der Waals surface area contributed by atoms with E-state index in [1.54, 1.807) is 0 Å². The number of esters is 1. The van der Waals surface area contributed by atoms with Crippen molar-refractivity contribution in [3.05, 3.63) is 0 Å². The lowest BCUT2D eigenvalue weighted by Crippen LogP contribution is -2.61. The van der Waals surface area contributed by atoms with Gasteiger partial charge in [-0.05, 0) is 44.2 Å². The lowest BCUT2D eigenvalue weighted by atomic mass is 9.91. The lowest BCUT2D eigenvalue weighted by molar-refractivity contribution is -0.151. The van der Waals surface area contributed by atoms with Crippen molar-refractivity contribution in [2.75, 3.05) is 33.3 Å². The highest BCUT2D eigenvalue weighted by molar-refractivity contribution is 5.82. The lowest BCUT2D eigenvalue weighted by Gasteiger charge is -2.38. The van der Waals surface area contributed by atoms with E-state index in [1.165, 1.54) is 13.5 Å². The SMILES string of the molecule is CCCNC(CN(CC)CC(C)CC)(C(=O)OC)C1CC1. The van der Waals surface area contributed by atoms with Crippen LogP contribution < -0.4 is 5.32 Å². The molecule has 0 aromatic heterocycles. The Labute approximate surface area is 130 Å². The number of carbonyl (C=O) groups excluding carboxylic acids is 1. The van der Waals surface area contributed by atoms with Crippen LogP contribution in [0.1, 0.15) is 53.4 Å². The summed E-state index contributed by atoms with van der Waals surface area (Å²) in [6.45, 7) is 12.5. The van der Waals surface area contributed by atoms with Gasteiger partial charge in [-0.1, -0.05) is 34.1 Å². The van der Waals surface area contributed by atoms with Crippen LogP contribution in [0.2, 0.25) is 0 Å². The van der Waals surface area contributed by atoms with E-state index in [1.807, 2.05) is 0 Å². The second-order valence-corrected chi connectivity index (χ2v) is 6.51. The molecule has 1 aliphatic rings. The van der Waals surface area contributed by atoms with Gasteiger partial charge in [-0.3, -0.25) is 0 Å². The molecule has 0 heterocycles. The molecule has 0 amide bonds. The molecule has 0 aromatic carbocycles. The van der Waals surface area contributed by atoms with Crippen molar-refractivity contribution in [2.24, 2.45) is 11.8 Å². The minimum atomic E-state index is -0.506. The zero-order valence-corrected chi connectivity index (χ0v) is 14.6. The van der Waals surface area contributed by atoms with E-state index in [0.29, 0.717) is 11.8 Å². The van der Waals surface area contributed by atoms with E-state index < -0.39 is 5.54 Å². The van der Waals surface area contributed by atoms with Crippen LogP contribution in [0, 0.1) is 11.8 Å². The van der Waals surface area contributed by atoms with Crippen LogP contribution in [0.15, 0.2) is 0 Å². The monoisotopic (exact) mass is 298 g/mol. The smallest absolute Gasteiger partial charge is 0.327 e. The molecular formula is C17H34N2O2. The van der Waals surface area contributed by atoms with Crippen molar-refractivity contribution in [3.8, 4) is 0 Å². The van der Waals surface area contributed by atoms with Gasteiger partial charge < -0.3 is 15.0 Å². The average molecular weight is 298 g/mol. The minimum Gasteiger partial charge on any atom is -0.468 e. The van der Waals surface area contributed by atoms with Crippen LogP contribution in [0.3, 0.4) is 0 Å². The number of likely N-dealkylation sites (N-methyl/N-ethyl adjacent to an activating group) is 1. The Hall–Kier alpha value is -0.610. The second kappa shape index (κ2) is 8.74. The first-order valence-corrected chi connectivity index (χ1v) is 8.59. The van der Waals surface area contributed by atoms with Crippen molar-refractivity contribution < 1.29 is 9.53 Å². The van der Waals surface area contributed by atoms with E-state index in [4.69, 9.17) is 4.74 Å². The summed E-state index contributed by atoms with van der Waals surface area (Å²) in [6.07, 6.45) is 4.47. The number of nitrogens with one attached hydrogen (secondary N) is 1. The van der Waals surface area contributed by atoms with Crippen molar-refractivity contribution in [1.82, 2.24) is 10.2 Å². The third-order valence-corrected chi connectivity index (χ3v) is 4.70. The number of nitrogens with zero attached hydrogens (tertiary/aromatic N) is 1. The van der Waals surface area contributed by atoms with Gasteiger partial charge in [0.1, 0.15) is 5.54 Å². The molecule has 0 saturated heterocycles. The first kappa shape index (κ1) is 18.4. The molecule has 124 valence electrons. The van der Waals surface area contributed by atoms with Crippen molar-refractivity contribution in [1.29, 1.82) is 0 Å². The number of methoxy groups -OCH3 is 1. The number of carbonyl (C=O) groups is 1. The molecule has 21 heavy (non-hydrogen) atoms. The van der Waals surface area contributed by atoms with E-state index in [0.717, 1.165) is 45.4 Å². The molecule has 4 nitrogen and oxygen atoms in total. The molecule has 1 aliphatic carbocycles. The summed E-state index contributed by atoms with van der Waals surface area (Å²) < 4.78 is 5.16. The molecule has 1 fully saturated rings. The van der Waals surface area contributed by atoms with Crippen LogP contribution in [-0.4, -0.2) is 49.7 Å². The molecule has 1 saturated carbocycles. The van der Waals surface area contributed by atoms with Crippen LogP contribution >= 0.6 is 0 Å². The zero-order chi connectivity index (χ0) is 15.9. The van der Waals surface area contributed by atoms with Gasteiger partial charge in [0.05, 0.1) is 7.11 Å². The van der Waals surface area contributed by atoms with Crippen LogP contribution in [0.5, 0.6) is 0 Å². The fourth-order valence-corrected chi connectivity index (χ4v) is 2.97. The summed E-state index contributed by atoms with van der Waals surface area (Å²) in [4.78, 5) is 14.9. The Balaban J connectivity index is 2.85. The first-order chi connectivity index (χ1) is 10.0. The Morgan fingerprint density at radius 2 is 2.05 bits per heavy atom. The number of ether oxygens (including phenoxy) is 1. The highest BCUT2D eigenvalue weighted by Crippen LogP contribution is 2.41. The Morgan fingerprint density at radius 1 is 1.38 bits per heavy atom. The highest BCUT2D eigenvalue weighted by Gasteiger charge is 2.52. The van der Waals surface area contributed by atoms with Gasteiger partial charge >= 0.3 is 5.97 Å². The number of hydrogen-bond acceptors (Lipinski definition) is 4. The predicted octanol–water partition coefficient (Wildman–Crippen LogP) is 2.68. The molecular weight excluding hydrogens is 264 g/mol. The molecule has 1 rings (SSSR count). The molecule has 0 spiro atoms. The van der Waals surface area contributed by atoms with E-state index >= 15 is 0 Å². The molecule has 2 atom stereocenters. The third-order valence-electron chi connectivity index (χ3n) is 4.70. The molecule has 0 bridgehead atoms. The maximum Gasteiger partial charge on any atom is 0.327 e. The van der Waals surface area contributed by atoms with E-state index in [2.05, 4.69) is 37.9 Å². The van der Waals surface area contributed by atoms with E-state index in [9.17, 15) is 4.79 Å². The largest absolute Gasteiger partial charge is 0.468 e. The first-order valence-electron chi connectivity index (χ1n) is 8.59. The summed E-state index contributed by atoms with van der Waals surface area (Å²) in [7, 11) is 1.51. The molecule has 0 radical (unpaired) electrons. The van der Waals surface area contributed by atoms with Crippen molar-refractivity contribution in [2.45, 2.75) is 58.9 Å². The molecule has 4 heteroatoms. The summed E-state index contributed by atoms with van der Waals surface area (Å²) in [5, 5.41) is 3.54. The number of rotatable bonds is 11. The topological polar surface area (TPSA) is 41.6 Å². The maximum absolute atomic E-state index is 12.5. The number of hydrogen-bond donors (Lipinski definition) is 1. The van der Waals surface area contributed by atoms with Gasteiger partial charge in [0.15, 0.2) is 0 Å². The quantitative estimate of drug-likeness (QED) is 0.596. The van der Waals surface area contributed by atoms with Gasteiger partial charge in [-0.15, -0.1) is 0 Å². The van der Waals surface area contributed by atoms with Gasteiger partial charge in [0.25, 0.3) is 0 Å². The third kappa shape index (κ3) is 4.96. The Kier molecular flexibility index (Phi) is 7.67. The summed E-state index contributed by atoms with van der Waals surface area (Å²) in [6, 6.07) is 0. The van der Waals surface area contributed by atoms with Gasteiger partial charge in [-0.25, -0.2) is 4.79 Å². The standard InChI is InChI=1S/C17H34N2O2/c1-6-11-18-17(15-9-10-15,16(20)21-5)13-19(8-3)12-14(4)7-2/h14-15,18H,6-13H2,1-5H3. The predicted molar refractivity (Wildman–Crippen MR) is 87.3 cm³/mol. The summed E-state index contributed by atoms with van der Waals surface area (Å²) in [5.74, 6) is 1.01. The maximum atomic E-state index is 12.5. The fraction of sp³-hybridized carbons (Fsp3) is 0.941. The highest BCUT2D eigenvalue weighted by atomic mass is 16.5. The molecule has 0 aliphatic heterocycles. The molecule has 2 unspecified atom stereocenters. The zero-order valence-electron chi connectivity index (χ0n) is 14.6. The molecule has 1 N–H and O–H groups in total. The normalized spacial score (nSPS) is 19.3. The van der Waals surface area contributed by atoms with E-state index in [-0.39, 0.29) is 5.97 Å². The Morgan fingerprint density at radius 3 is 2.48 bits per heavy atom. The fourth-order valence-electron chi connectivity index (χ4n) is 2.97. The average Bonchev–Trinajstić information content (AvgIpc) is 3.34. The van der Waals surface area contributed by atoms with Crippen LogP contribution in [0.25, 0.3) is 0 Å². The van der Waals surface area contributed by atoms with Gasteiger partial charge in [-0.2, -0.15) is 0 Å². The second-order valence-electron chi connectivity index (χ2n) is 6.51. The molecule has 0 aromatic rings. The van der Waals surface area contributed by atoms with Crippen LogP contribution in [0.4, 0.5) is 0 Å². The Bertz CT molecular complexity index is 318.